The highest BCUT2D eigenvalue weighted by Gasteiger charge is 2.11. The predicted octanol–water partition coefficient (Wildman–Crippen LogP) is 4.38. The van der Waals surface area contributed by atoms with Gasteiger partial charge in [0.2, 0.25) is 0 Å². The standard InChI is InChI=1S/C11H10Cl2N2S/c1-3-8-6(2)14-11(15-10(8)13)9-4-7(12)5-16-9/h4-5H,3H2,1-2H3. The number of thiophene rings is 1. The van der Waals surface area contributed by atoms with Crippen molar-refractivity contribution in [3.05, 3.63) is 32.9 Å². The number of hydrogen-bond donors (Lipinski definition) is 0. The second kappa shape index (κ2) is 4.70. The molecule has 84 valence electrons. The fourth-order valence-corrected chi connectivity index (χ4v) is 2.86. The molecule has 2 heterocycles. The van der Waals surface area contributed by atoms with Gasteiger partial charge in [-0.2, -0.15) is 0 Å². The molecule has 2 rings (SSSR count). The molecule has 0 aromatic carbocycles. The normalized spacial score (nSPS) is 10.8. The Hall–Kier alpha value is -0.640. The van der Waals surface area contributed by atoms with Crippen molar-refractivity contribution in [2.45, 2.75) is 20.3 Å². The smallest absolute Gasteiger partial charge is 0.171 e. The second-order valence-electron chi connectivity index (χ2n) is 3.38. The molecule has 0 atom stereocenters. The first-order valence-corrected chi connectivity index (χ1v) is 6.52. The fraction of sp³-hybridized carbons (Fsp3) is 0.273. The van der Waals surface area contributed by atoms with Crippen molar-refractivity contribution in [2.24, 2.45) is 0 Å². The lowest BCUT2D eigenvalue weighted by molar-refractivity contribution is 1.00. The number of nitrogens with zero attached hydrogens (tertiary/aromatic N) is 2. The maximum absolute atomic E-state index is 6.11. The molecular formula is C11H10Cl2N2S. The molecule has 16 heavy (non-hydrogen) atoms. The lowest BCUT2D eigenvalue weighted by atomic mass is 10.2. The molecule has 0 aliphatic rings. The summed E-state index contributed by atoms with van der Waals surface area (Å²) in [5, 5.41) is 3.10. The highest BCUT2D eigenvalue weighted by atomic mass is 35.5. The molecule has 0 aliphatic heterocycles. The quantitative estimate of drug-likeness (QED) is 0.759. The van der Waals surface area contributed by atoms with Crippen molar-refractivity contribution in [1.29, 1.82) is 0 Å². The van der Waals surface area contributed by atoms with E-state index in [0.29, 0.717) is 16.0 Å². The van der Waals surface area contributed by atoms with E-state index in [1.807, 2.05) is 25.3 Å². The summed E-state index contributed by atoms with van der Waals surface area (Å²) < 4.78 is 0. The Balaban J connectivity index is 2.52. The first-order valence-electron chi connectivity index (χ1n) is 4.89. The van der Waals surface area contributed by atoms with Gasteiger partial charge in [0.15, 0.2) is 5.82 Å². The Morgan fingerprint density at radius 3 is 2.56 bits per heavy atom. The van der Waals surface area contributed by atoms with Crippen molar-refractivity contribution in [2.75, 3.05) is 0 Å². The van der Waals surface area contributed by atoms with E-state index in [1.165, 1.54) is 11.3 Å². The van der Waals surface area contributed by atoms with Gasteiger partial charge in [0.05, 0.1) is 9.90 Å². The van der Waals surface area contributed by atoms with Crippen LogP contribution >= 0.6 is 34.5 Å². The van der Waals surface area contributed by atoms with Gasteiger partial charge in [0, 0.05) is 16.6 Å². The molecule has 0 radical (unpaired) electrons. The predicted molar refractivity (Wildman–Crippen MR) is 69.5 cm³/mol. The van der Waals surface area contributed by atoms with Crippen LogP contribution in [-0.4, -0.2) is 9.97 Å². The van der Waals surface area contributed by atoms with Crippen molar-refractivity contribution in [3.63, 3.8) is 0 Å². The van der Waals surface area contributed by atoms with E-state index in [1.54, 1.807) is 0 Å². The summed E-state index contributed by atoms with van der Waals surface area (Å²) in [6.45, 7) is 3.99. The highest BCUT2D eigenvalue weighted by Crippen LogP contribution is 2.29. The molecule has 0 bridgehead atoms. The van der Waals surface area contributed by atoms with E-state index in [4.69, 9.17) is 23.2 Å². The lowest BCUT2D eigenvalue weighted by Gasteiger charge is -2.06. The fourth-order valence-electron chi connectivity index (χ4n) is 1.50. The number of aryl methyl sites for hydroxylation is 1. The number of aromatic nitrogens is 2. The molecule has 0 unspecified atom stereocenters. The first-order chi connectivity index (χ1) is 7.61. The molecule has 0 spiro atoms. The Labute approximate surface area is 108 Å². The van der Waals surface area contributed by atoms with Gasteiger partial charge in [-0.3, -0.25) is 0 Å². The third-order valence-electron chi connectivity index (χ3n) is 2.30. The summed E-state index contributed by atoms with van der Waals surface area (Å²) in [6, 6.07) is 1.85. The third kappa shape index (κ3) is 2.21. The first kappa shape index (κ1) is 11.8. The Kier molecular flexibility index (Phi) is 3.47. The Bertz CT molecular complexity index is 499. The molecule has 2 aromatic rings. The summed E-state index contributed by atoms with van der Waals surface area (Å²) in [5.41, 5.74) is 1.94. The van der Waals surface area contributed by atoms with Gasteiger partial charge in [-0.05, 0) is 19.4 Å². The summed E-state index contributed by atoms with van der Waals surface area (Å²) in [7, 11) is 0. The summed E-state index contributed by atoms with van der Waals surface area (Å²) in [4.78, 5) is 9.68. The maximum Gasteiger partial charge on any atom is 0.171 e. The number of hydrogen-bond acceptors (Lipinski definition) is 3. The Morgan fingerprint density at radius 1 is 1.31 bits per heavy atom. The maximum atomic E-state index is 6.11. The zero-order valence-electron chi connectivity index (χ0n) is 8.92. The topological polar surface area (TPSA) is 25.8 Å². The molecule has 0 aliphatic carbocycles. The van der Waals surface area contributed by atoms with Crippen molar-refractivity contribution >= 4 is 34.5 Å². The molecule has 0 saturated heterocycles. The molecule has 0 saturated carbocycles. The molecular weight excluding hydrogens is 263 g/mol. The summed E-state index contributed by atoms with van der Waals surface area (Å²) >= 11 is 13.5. The van der Waals surface area contributed by atoms with Crippen LogP contribution < -0.4 is 0 Å². The van der Waals surface area contributed by atoms with E-state index in [2.05, 4.69) is 9.97 Å². The minimum Gasteiger partial charge on any atom is -0.232 e. The van der Waals surface area contributed by atoms with Gasteiger partial charge < -0.3 is 0 Å². The minimum absolute atomic E-state index is 0.537. The zero-order valence-corrected chi connectivity index (χ0v) is 11.2. The van der Waals surface area contributed by atoms with Gasteiger partial charge in [-0.25, -0.2) is 9.97 Å². The SMILES string of the molecule is CCc1c(C)nc(-c2cc(Cl)cs2)nc1Cl. The average Bonchev–Trinajstić information content (AvgIpc) is 2.64. The van der Waals surface area contributed by atoms with E-state index in [0.717, 1.165) is 22.6 Å². The summed E-state index contributed by atoms with van der Waals surface area (Å²) in [5.74, 6) is 0.650. The van der Waals surface area contributed by atoms with Crippen LogP contribution in [0.1, 0.15) is 18.2 Å². The summed E-state index contributed by atoms with van der Waals surface area (Å²) in [6.07, 6.45) is 0.843. The monoisotopic (exact) mass is 272 g/mol. The van der Waals surface area contributed by atoms with E-state index in [9.17, 15) is 0 Å². The van der Waals surface area contributed by atoms with Gasteiger partial charge in [0.1, 0.15) is 5.15 Å². The van der Waals surface area contributed by atoms with Crippen LogP contribution in [0.2, 0.25) is 10.2 Å². The van der Waals surface area contributed by atoms with Crippen LogP contribution in [-0.2, 0) is 6.42 Å². The van der Waals surface area contributed by atoms with E-state index < -0.39 is 0 Å². The Morgan fingerprint density at radius 2 is 2.06 bits per heavy atom. The third-order valence-corrected chi connectivity index (χ3v) is 3.89. The average molecular weight is 273 g/mol. The van der Waals surface area contributed by atoms with E-state index in [-0.39, 0.29) is 0 Å². The lowest BCUT2D eigenvalue weighted by Crippen LogP contribution is -1.98. The number of halogens is 2. The van der Waals surface area contributed by atoms with Crippen LogP contribution in [0.4, 0.5) is 0 Å². The second-order valence-corrected chi connectivity index (χ2v) is 5.09. The van der Waals surface area contributed by atoms with Crippen LogP contribution in [0.3, 0.4) is 0 Å². The van der Waals surface area contributed by atoms with Gasteiger partial charge in [-0.15, -0.1) is 11.3 Å². The molecule has 5 heteroatoms. The molecule has 0 fully saturated rings. The molecule has 2 nitrogen and oxygen atoms in total. The largest absolute Gasteiger partial charge is 0.232 e. The van der Waals surface area contributed by atoms with Gasteiger partial charge in [-0.1, -0.05) is 30.1 Å². The van der Waals surface area contributed by atoms with Crippen LogP contribution in [0.5, 0.6) is 0 Å². The zero-order chi connectivity index (χ0) is 11.7. The van der Waals surface area contributed by atoms with Crippen molar-refractivity contribution in [1.82, 2.24) is 9.97 Å². The van der Waals surface area contributed by atoms with Crippen molar-refractivity contribution < 1.29 is 0 Å². The molecule has 0 N–H and O–H groups in total. The molecule has 2 aromatic heterocycles. The van der Waals surface area contributed by atoms with Crippen LogP contribution in [0, 0.1) is 6.92 Å². The van der Waals surface area contributed by atoms with E-state index >= 15 is 0 Å². The van der Waals surface area contributed by atoms with Crippen LogP contribution in [0.25, 0.3) is 10.7 Å². The highest BCUT2D eigenvalue weighted by molar-refractivity contribution is 7.14. The molecule has 0 amide bonds. The van der Waals surface area contributed by atoms with Gasteiger partial charge >= 0.3 is 0 Å². The van der Waals surface area contributed by atoms with Crippen LogP contribution in [0.15, 0.2) is 11.4 Å². The number of rotatable bonds is 2. The van der Waals surface area contributed by atoms with Crippen molar-refractivity contribution in [3.8, 4) is 10.7 Å². The van der Waals surface area contributed by atoms with Gasteiger partial charge in [0.25, 0.3) is 0 Å². The minimum atomic E-state index is 0.537.